The number of fused-ring (bicyclic) bond motifs is 2. The van der Waals surface area contributed by atoms with E-state index in [9.17, 15) is 9.59 Å². The highest BCUT2D eigenvalue weighted by Gasteiger charge is 2.41. The van der Waals surface area contributed by atoms with Gasteiger partial charge in [-0.25, -0.2) is 10.4 Å². The number of aryl methyl sites for hydroxylation is 1. The Balaban J connectivity index is 1.21. The highest BCUT2D eigenvalue weighted by molar-refractivity contribution is 9.10. The molecule has 154 valence electrons. The van der Waals surface area contributed by atoms with Gasteiger partial charge >= 0.3 is 0 Å². The summed E-state index contributed by atoms with van der Waals surface area (Å²) in [4.78, 5) is 25.6. The fourth-order valence-electron chi connectivity index (χ4n) is 4.45. The molecule has 2 heterocycles. The first-order chi connectivity index (χ1) is 14.6. The third kappa shape index (κ3) is 3.61. The number of carbonyl (C=O) groups excluding carboxylic acids is 2. The van der Waals surface area contributed by atoms with Crippen LogP contribution in [0.15, 0.2) is 58.1 Å². The van der Waals surface area contributed by atoms with Gasteiger partial charge in [0, 0.05) is 4.47 Å². The standard InChI is InChI=1S/C22H22BrN5O2/c23-16-8-5-15(6-9-16)19-11-20-22(30)27(24-13-28(20)26-19)12-21(29)25-18-10-7-14-3-1-2-4-17(14)18/h1-6,8-9,13,18-20,26H,7,10-12H2,(H,25,29). The van der Waals surface area contributed by atoms with Crippen LogP contribution in [0.25, 0.3) is 0 Å². The fraction of sp³-hybridized carbons (Fsp3) is 0.318. The Morgan fingerprint density at radius 2 is 2.00 bits per heavy atom. The number of amides is 2. The average molecular weight is 468 g/mol. The Bertz CT molecular complexity index is 1010. The normalized spacial score (nSPS) is 24.7. The average Bonchev–Trinajstić information content (AvgIpc) is 3.36. The largest absolute Gasteiger partial charge is 0.348 e. The Morgan fingerprint density at radius 1 is 1.20 bits per heavy atom. The third-order valence-electron chi connectivity index (χ3n) is 5.99. The van der Waals surface area contributed by atoms with Crippen molar-refractivity contribution < 1.29 is 9.59 Å². The first-order valence-electron chi connectivity index (χ1n) is 10.1. The van der Waals surface area contributed by atoms with Crippen LogP contribution in [0, 0.1) is 0 Å². The second-order valence-electron chi connectivity index (χ2n) is 7.88. The zero-order valence-corrected chi connectivity index (χ0v) is 17.9. The molecular weight excluding hydrogens is 446 g/mol. The number of hydrazine groups is 1. The summed E-state index contributed by atoms with van der Waals surface area (Å²) in [6, 6.07) is 15.9. The number of hydrogen-bond donors (Lipinski definition) is 2. The maximum atomic E-state index is 13.0. The molecule has 0 saturated carbocycles. The van der Waals surface area contributed by atoms with Gasteiger partial charge < -0.3 is 5.32 Å². The lowest BCUT2D eigenvalue weighted by Gasteiger charge is -2.30. The molecule has 3 unspecified atom stereocenters. The predicted molar refractivity (Wildman–Crippen MR) is 116 cm³/mol. The van der Waals surface area contributed by atoms with Gasteiger partial charge in [0.15, 0.2) is 0 Å². The first-order valence-corrected chi connectivity index (χ1v) is 10.9. The van der Waals surface area contributed by atoms with E-state index in [0.29, 0.717) is 6.42 Å². The van der Waals surface area contributed by atoms with Gasteiger partial charge in [-0.15, -0.1) is 0 Å². The number of carbonyl (C=O) groups is 2. The van der Waals surface area contributed by atoms with E-state index < -0.39 is 0 Å². The molecule has 2 aromatic rings. The minimum Gasteiger partial charge on any atom is -0.348 e. The van der Waals surface area contributed by atoms with E-state index in [1.807, 2.05) is 36.4 Å². The van der Waals surface area contributed by atoms with Crippen LogP contribution in [-0.4, -0.2) is 40.8 Å². The van der Waals surface area contributed by atoms with Crippen molar-refractivity contribution in [3.63, 3.8) is 0 Å². The van der Waals surface area contributed by atoms with Gasteiger partial charge in [0.05, 0.1) is 12.1 Å². The van der Waals surface area contributed by atoms with E-state index in [2.05, 4.69) is 43.9 Å². The van der Waals surface area contributed by atoms with Gasteiger partial charge in [0.2, 0.25) is 5.91 Å². The molecule has 0 bridgehead atoms. The minimum absolute atomic E-state index is 0.00371. The highest BCUT2D eigenvalue weighted by Crippen LogP contribution is 2.31. The molecule has 8 heteroatoms. The second kappa shape index (κ2) is 7.85. The number of nitrogens with one attached hydrogen (secondary N) is 2. The Hall–Kier alpha value is -2.71. The van der Waals surface area contributed by atoms with E-state index in [0.717, 1.165) is 22.9 Å². The van der Waals surface area contributed by atoms with E-state index >= 15 is 0 Å². The quantitative estimate of drug-likeness (QED) is 0.724. The zero-order chi connectivity index (χ0) is 20.7. The van der Waals surface area contributed by atoms with Crippen LogP contribution in [0.1, 0.15) is 41.6 Å². The number of hydrazone groups is 1. The number of rotatable bonds is 4. The van der Waals surface area contributed by atoms with E-state index in [1.54, 1.807) is 11.3 Å². The zero-order valence-electron chi connectivity index (χ0n) is 16.3. The van der Waals surface area contributed by atoms with Crippen molar-refractivity contribution in [2.45, 2.75) is 37.4 Å². The van der Waals surface area contributed by atoms with Crippen molar-refractivity contribution in [2.75, 3.05) is 6.54 Å². The summed E-state index contributed by atoms with van der Waals surface area (Å²) in [5, 5.41) is 10.3. The van der Waals surface area contributed by atoms with E-state index in [4.69, 9.17) is 0 Å². The van der Waals surface area contributed by atoms with Gasteiger partial charge in [0.1, 0.15) is 18.9 Å². The van der Waals surface area contributed by atoms with Gasteiger partial charge in [0.25, 0.3) is 5.91 Å². The van der Waals surface area contributed by atoms with Crippen molar-refractivity contribution in [1.29, 1.82) is 0 Å². The molecule has 7 nitrogen and oxygen atoms in total. The van der Waals surface area contributed by atoms with Crippen LogP contribution in [0.2, 0.25) is 0 Å². The molecule has 2 aromatic carbocycles. The van der Waals surface area contributed by atoms with Gasteiger partial charge in [-0.1, -0.05) is 52.3 Å². The molecule has 1 fully saturated rings. The van der Waals surface area contributed by atoms with Gasteiger partial charge in [-0.3, -0.25) is 14.6 Å². The maximum absolute atomic E-state index is 13.0. The van der Waals surface area contributed by atoms with Gasteiger partial charge in [-0.05, 0) is 48.1 Å². The number of nitrogens with zero attached hydrogens (tertiary/aromatic N) is 3. The lowest BCUT2D eigenvalue weighted by Crippen LogP contribution is -2.52. The summed E-state index contributed by atoms with van der Waals surface area (Å²) in [5.74, 6) is -0.349. The summed E-state index contributed by atoms with van der Waals surface area (Å²) >= 11 is 3.44. The summed E-state index contributed by atoms with van der Waals surface area (Å²) in [6.45, 7) is -0.0682. The van der Waals surface area contributed by atoms with Crippen molar-refractivity contribution in [2.24, 2.45) is 5.10 Å². The molecule has 2 aliphatic heterocycles. The van der Waals surface area contributed by atoms with Crippen LogP contribution >= 0.6 is 15.9 Å². The van der Waals surface area contributed by atoms with Crippen molar-refractivity contribution in [3.05, 3.63) is 69.7 Å². The Labute approximate surface area is 183 Å². The molecule has 2 amide bonds. The number of benzene rings is 2. The molecule has 1 saturated heterocycles. The molecule has 0 spiro atoms. The van der Waals surface area contributed by atoms with Crippen LogP contribution in [0.5, 0.6) is 0 Å². The van der Waals surface area contributed by atoms with Crippen molar-refractivity contribution >= 4 is 34.1 Å². The van der Waals surface area contributed by atoms with Crippen LogP contribution in [0.4, 0.5) is 0 Å². The van der Waals surface area contributed by atoms with Crippen LogP contribution in [0.3, 0.4) is 0 Å². The lowest BCUT2D eigenvalue weighted by atomic mass is 10.0. The summed E-state index contributed by atoms with van der Waals surface area (Å²) in [5.41, 5.74) is 6.88. The smallest absolute Gasteiger partial charge is 0.267 e. The molecular formula is C22H22BrN5O2. The first kappa shape index (κ1) is 19.3. The van der Waals surface area contributed by atoms with Crippen molar-refractivity contribution in [3.8, 4) is 0 Å². The molecule has 3 atom stereocenters. The molecule has 2 N–H and O–H groups in total. The minimum atomic E-state index is -0.365. The highest BCUT2D eigenvalue weighted by atomic mass is 79.9. The topological polar surface area (TPSA) is 77.0 Å². The SMILES string of the molecule is O=C(CN1N=CN2NC(c3ccc(Br)cc3)CC2C1=O)NC1CCc2ccccc21. The summed E-state index contributed by atoms with van der Waals surface area (Å²) in [7, 11) is 0. The molecule has 0 radical (unpaired) electrons. The van der Waals surface area contributed by atoms with E-state index in [1.165, 1.54) is 16.1 Å². The monoisotopic (exact) mass is 467 g/mol. The molecule has 3 aliphatic rings. The van der Waals surface area contributed by atoms with E-state index in [-0.39, 0.29) is 36.5 Å². The Morgan fingerprint density at radius 3 is 2.83 bits per heavy atom. The molecule has 5 rings (SSSR count). The molecule has 0 aromatic heterocycles. The van der Waals surface area contributed by atoms with Crippen LogP contribution in [-0.2, 0) is 16.0 Å². The molecule has 30 heavy (non-hydrogen) atoms. The fourth-order valence-corrected chi connectivity index (χ4v) is 4.71. The van der Waals surface area contributed by atoms with Gasteiger partial charge in [-0.2, -0.15) is 5.10 Å². The maximum Gasteiger partial charge on any atom is 0.267 e. The predicted octanol–water partition coefficient (Wildman–Crippen LogP) is 2.66. The number of hydrogen-bond acceptors (Lipinski definition) is 5. The number of halogens is 1. The van der Waals surface area contributed by atoms with Crippen LogP contribution < -0.4 is 10.7 Å². The Kier molecular flexibility index (Phi) is 5.04. The summed E-state index contributed by atoms with van der Waals surface area (Å²) < 4.78 is 1.02. The summed E-state index contributed by atoms with van der Waals surface area (Å²) in [6.07, 6.45) is 4.07. The van der Waals surface area contributed by atoms with Crippen molar-refractivity contribution in [1.82, 2.24) is 20.8 Å². The second-order valence-corrected chi connectivity index (χ2v) is 8.79. The third-order valence-corrected chi connectivity index (χ3v) is 6.52. The molecule has 1 aliphatic carbocycles. The lowest BCUT2D eigenvalue weighted by molar-refractivity contribution is -0.140.